The maximum atomic E-state index is 12.1. The number of nitrogens with zero attached hydrogens (tertiary/aromatic N) is 1. The van der Waals surface area contributed by atoms with Crippen molar-refractivity contribution in [2.75, 3.05) is 5.32 Å². The number of hydrogen-bond donors (Lipinski definition) is 2. The van der Waals surface area contributed by atoms with Crippen molar-refractivity contribution in [2.45, 2.75) is 13.5 Å². The molecule has 0 aliphatic rings. The minimum Gasteiger partial charge on any atom is -0.386 e. The molecule has 126 valence electrons. The summed E-state index contributed by atoms with van der Waals surface area (Å²) in [5.74, 6) is -0.561. The number of nitrogens with one attached hydrogen (secondary N) is 2. The van der Waals surface area contributed by atoms with Crippen LogP contribution in [0.2, 0.25) is 0 Å². The molecule has 0 aliphatic carbocycles. The minimum atomic E-state index is -0.513. The second-order valence-electron chi connectivity index (χ2n) is 5.26. The van der Waals surface area contributed by atoms with Crippen molar-refractivity contribution in [3.8, 4) is 6.07 Å². The van der Waals surface area contributed by atoms with E-state index in [-0.39, 0.29) is 11.4 Å². The van der Waals surface area contributed by atoms with Crippen LogP contribution in [0.5, 0.6) is 0 Å². The minimum absolute atomic E-state index is 0.0345. The molecule has 2 N–H and O–H groups in total. The first kappa shape index (κ1) is 18.4. The summed E-state index contributed by atoms with van der Waals surface area (Å²) >= 11 is 3.36. The number of nitriles is 1. The topological polar surface area (TPSA) is 82.0 Å². The van der Waals surface area contributed by atoms with Gasteiger partial charge < -0.3 is 10.6 Å². The number of Topliss-reactive ketones (excluding diaryl/α,β-unsaturated/α-hetero) is 1. The molecule has 0 heterocycles. The monoisotopic (exact) mass is 397 g/mol. The predicted octanol–water partition coefficient (Wildman–Crippen LogP) is 3.79. The van der Waals surface area contributed by atoms with Crippen LogP contribution in [0.3, 0.4) is 0 Å². The molecule has 2 rings (SSSR count). The van der Waals surface area contributed by atoms with Crippen molar-refractivity contribution >= 4 is 33.3 Å². The number of benzene rings is 2. The molecular formula is C19H16BrN3O2. The van der Waals surface area contributed by atoms with Gasteiger partial charge in [0.15, 0.2) is 5.78 Å². The van der Waals surface area contributed by atoms with E-state index in [4.69, 9.17) is 5.26 Å². The third kappa shape index (κ3) is 5.59. The summed E-state index contributed by atoms with van der Waals surface area (Å²) in [4.78, 5) is 23.4. The number of halogens is 1. The van der Waals surface area contributed by atoms with Gasteiger partial charge in [0, 0.05) is 28.5 Å². The van der Waals surface area contributed by atoms with E-state index >= 15 is 0 Å². The van der Waals surface area contributed by atoms with E-state index < -0.39 is 5.91 Å². The van der Waals surface area contributed by atoms with Crippen LogP contribution >= 0.6 is 15.9 Å². The van der Waals surface area contributed by atoms with Gasteiger partial charge in [0.2, 0.25) is 0 Å². The number of carbonyl (C=O) groups excluding carboxylic acids is 2. The lowest BCUT2D eigenvalue weighted by atomic mass is 10.1. The number of carbonyl (C=O) groups is 2. The number of anilines is 1. The zero-order chi connectivity index (χ0) is 18.2. The summed E-state index contributed by atoms with van der Waals surface area (Å²) in [6.07, 6.45) is 1.39. The van der Waals surface area contributed by atoms with Gasteiger partial charge >= 0.3 is 0 Å². The van der Waals surface area contributed by atoms with Gasteiger partial charge in [-0.05, 0) is 48.9 Å². The van der Waals surface area contributed by atoms with Gasteiger partial charge in [-0.3, -0.25) is 9.59 Å². The van der Waals surface area contributed by atoms with Crippen molar-refractivity contribution in [1.29, 1.82) is 5.26 Å². The quantitative estimate of drug-likeness (QED) is 0.441. The molecule has 0 aromatic heterocycles. The normalized spacial score (nSPS) is 10.7. The Morgan fingerprint density at radius 2 is 1.76 bits per heavy atom. The number of hydrogen-bond acceptors (Lipinski definition) is 4. The van der Waals surface area contributed by atoms with E-state index in [1.807, 2.05) is 30.3 Å². The van der Waals surface area contributed by atoms with Crippen LogP contribution < -0.4 is 10.6 Å². The van der Waals surface area contributed by atoms with Gasteiger partial charge in [0.05, 0.1) is 0 Å². The van der Waals surface area contributed by atoms with E-state index in [1.54, 1.807) is 24.3 Å². The third-order valence-electron chi connectivity index (χ3n) is 3.38. The Balaban J connectivity index is 1.96. The van der Waals surface area contributed by atoms with E-state index in [1.165, 1.54) is 13.1 Å². The Kier molecular flexibility index (Phi) is 6.49. The maximum absolute atomic E-state index is 12.1. The highest BCUT2D eigenvalue weighted by atomic mass is 79.9. The summed E-state index contributed by atoms with van der Waals surface area (Å²) in [6, 6.07) is 16.1. The van der Waals surface area contributed by atoms with Crippen molar-refractivity contribution in [3.63, 3.8) is 0 Å². The van der Waals surface area contributed by atoms with Crippen LogP contribution in [0, 0.1) is 11.3 Å². The van der Waals surface area contributed by atoms with E-state index in [0.29, 0.717) is 17.8 Å². The fourth-order valence-corrected chi connectivity index (χ4v) is 2.27. The van der Waals surface area contributed by atoms with Crippen molar-refractivity contribution in [3.05, 3.63) is 75.9 Å². The van der Waals surface area contributed by atoms with Gasteiger partial charge in [-0.2, -0.15) is 5.26 Å². The van der Waals surface area contributed by atoms with E-state index in [9.17, 15) is 9.59 Å². The van der Waals surface area contributed by atoms with Crippen LogP contribution in [0.4, 0.5) is 5.69 Å². The molecule has 0 radical (unpaired) electrons. The Bertz CT molecular complexity index is 834. The maximum Gasteiger partial charge on any atom is 0.267 e. The van der Waals surface area contributed by atoms with Gasteiger partial charge in [-0.15, -0.1) is 0 Å². The Morgan fingerprint density at radius 1 is 1.12 bits per heavy atom. The van der Waals surface area contributed by atoms with Crippen LogP contribution in [0.15, 0.2) is 64.8 Å². The Hall–Kier alpha value is -2.91. The molecule has 2 aromatic carbocycles. The fraction of sp³-hybridized carbons (Fsp3) is 0.105. The second kappa shape index (κ2) is 8.81. The van der Waals surface area contributed by atoms with E-state index in [2.05, 4.69) is 26.6 Å². The molecule has 0 saturated heterocycles. The molecule has 0 saturated carbocycles. The van der Waals surface area contributed by atoms with Crippen LogP contribution in [0.1, 0.15) is 22.8 Å². The lowest BCUT2D eigenvalue weighted by Crippen LogP contribution is -2.16. The third-order valence-corrected chi connectivity index (χ3v) is 3.91. The first-order chi connectivity index (χ1) is 12.0. The lowest BCUT2D eigenvalue weighted by Gasteiger charge is -2.06. The van der Waals surface area contributed by atoms with Gasteiger partial charge in [-0.1, -0.05) is 28.1 Å². The standard InChI is InChI=1S/C19H16BrN3O2/c1-13(24)15-4-8-18(9-5-15)23-19(25)16(10-21)12-22-11-14-2-6-17(20)7-3-14/h2-9,12,22H,11H2,1H3,(H,23,25)/b16-12-. The largest absolute Gasteiger partial charge is 0.386 e. The van der Waals surface area contributed by atoms with Crippen LogP contribution in [-0.4, -0.2) is 11.7 Å². The zero-order valence-electron chi connectivity index (χ0n) is 13.5. The second-order valence-corrected chi connectivity index (χ2v) is 6.18. The molecule has 0 unspecified atom stereocenters. The predicted molar refractivity (Wildman–Crippen MR) is 99.8 cm³/mol. The fourth-order valence-electron chi connectivity index (χ4n) is 2.01. The first-order valence-corrected chi connectivity index (χ1v) is 8.29. The molecule has 0 bridgehead atoms. The SMILES string of the molecule is CC(=O)c1ccc(NC(=O)/C(C#N)=C\NCc2ccc(Br)cc2)cc1. The molecule has 25 heavy (non-hydrogen) atoms. The molecule has 5 nitrogen and oxygen atoms in total. The van der Waals surface area contributed by atoms with Crippen molar-refractivity contribution < 1.29 is 9.59 Å². The molecule has 0 atom stereocenters. The van der Waals surface area contributed by atoms with Gasteiger partial charge in [-0.25, -0.2) is 0 Å². The molecule has 0 aliphatic heterocycles. The van der Waals surface area contributed by atoms with Gasteiger partial charge in [0.1, 0.15) is 11.6 Å². The summed E-state index contributed by atoms with van der Waals surface area (Å²) in [6.45, 7) is 1.97. The highest BCUT2D eigenvalue weighted by molar-refractivity contribution is 9.10. The number of amides is 1. The lowest BCUT2D eigenvalue weighted by molar-refractivity contribution is -0.112. The molecule has 6 heteroatoms. The molecule has 0 fully saturated rings. The summed E-state index contributed by atoms with van der Waals surface area (Å²) < 4.78 is 0.986. The number of ketones is 1. The Labute approximate surface area is 154 Å². The highest BCUT2D eigenvalue weighted by Crippen LogP contribution is 2.12. The van der Waals surface area contributed by atoms with Crippen molar-refractivity contribution in [1.82, 2.24) is 5.32 Å². The molecule has 2 aromatic rings. The smallest absolute Gasteiger partial charge is 0.267 e. The number of rotatable bonds is 6. The summed E-state index contributed by atoms with van der Waals surface area (Å²) in [5, 5.41) is 14.7. The molecule has 1 amide bonds. The average Bonchev–Trinajstić information content (AvgIpc) is 2.60. The average molecular weight is 398 g/mol. The van der Waals surface area contributed by atoms with Gasteiger partial charge in [0.25, 0.3) is 5.91 Å². The zero-order valence-corrected chi connectivity index (χ0v) is 15.1. The van der Waals surface area contributed by atoms with E-state index in [0.717, 1.165) is 10.0 Å². The highest BCUT2D eigenvalue weighted by Gasteiger charge is 2.09. The molecule has 0 spiro atoms. The van der Waals surface area contributed by atoms with Crippen molar-refractivity contribution in [2.24, 2.45) is 0 Å². The Morgan fingerprint density at radius 3 is 2.32 bits per heavy atom. The summed E-state index contributed by atoms with van der Waals surface area (Å²) in [7, 11) is 0. The van der Waals surface area contributed by atoms with Crippen LogP contribution in [0.25, 0.3) is 0 Å². The first-order valence-electron chi connectivity index (χ1n) is 7.50. The molecular weight excluding hydrogens is 382 g/mol. The van der Waals surface area contributed by atoms with Crippen LogP contribution in [-0.2, 0) is 11.3 Å². The summed E-state index contributed by atoms with van der Waals surface area (Å²) in [5.41, 5.74) is 2.07.